The van der Waals surface area contributed by atoms with Gasteiger partial charge in [-0.2, -0.15) is 11.8 Å². The summed E-state index contributed by atoms with van der Waals surface area (Å²) in [6.07, 6.45) is 4.36. The quantitative estimate of drug-likeness (QED) is 0.149. The zero-order valence-electron chi connectivity index (χ0n) is 21.4. The molecule has 2 atom stereocenters. The molecular formula is C27H42N2O5S2. The van der Waals surface area contributed by atoms with Crippen LogP contribution in [0.15, 0.2) is 53.4 Å². The Hall–Kier alpha value is -2.49. The van der Waals surface area contributed by atoms with E-state index in [1.54, 1.807) is 35.7 Å². The van der Waals surface area contributed by atoms with Crippen molar-refractivity contribution in [3.05, 3.63) is 59.7 Å². The molecule has 36 heavy (non-hydrogen) atoms. The minimum absolute atomic E-state index is 0. The fourth-order valence-corrected chi connectivity index (χ4v) is 5.06. The van der Waals surface area contributed by atoms with Crippen molar-refractivity contribution in [3.8, 4) is 5.75 Å². The van der Waals surface area contributed by atoms with Crippen LogP contribution in [0.5, 0.6) is 5.75 Å². The Labute approximate surface area is 225 Å². The molecule has 2 aromatic carbocycles. The van der Waals surface area contributed by atoms with Crippen LogP contribution in [0.3, 0.4) is 0 Å². The van der Waals surface area contributed by atoms with Gasteiger partial charge in [0, 0.05) is 13.5 Å². The molecule has 2 rings (SSSR count). The van der Waals surface area contributed by atoms with Crippen molar-refractivity contribution in [3.63, 3.8) is 0 Å². The first kappa shape index (κ1) is 31.5. The lowest BCUT2D eigenvalue weighted by Crippen LogP contribution is -2.51. The molecule has 0 heterocycles. The number of amides is 2. The summed E-state index contributed by atoms with van der Waals surface area (Å²) in [7, 11) is 0. The molecule has 2 amide bonds. The molecule has 0 saturated heterocycles. The van der Waals surface area contributed by atoms with Gasteiger partial charge in [-0.25, -0.2) is 4.79 Å². The van der Waals surface area contributed by atoms with Gasteiger partial charge in [0.15, 0.2) is 0 Å². The molecule has 9 heteroatoms. The van der Waals surface area contributed by atoms with Crippen LogP contribution >= 0.6 is 23.5 Å². The van der Waals surface area contributed by atoms with Gasteiger partial charge in [-0.05, 0) is 66.5 Å². The molecule has 0 aliphatic rings. The van der Waals surface area contributed by atoms with Crippen LogP contribution in [0, 0.1) is 5.92 Å². The summed E-state index contributed by atoms with van der Waals surface area (Å²) in [6, 6.07) is 14.4. The van der Waals surface area contributed by atoms with Crippen molar-refractivity contribution < 1.29 is 27.4 Å². The van der Waals surface area contributed by atoms with Crippen LogP contribution in [0.1, 0.15) is 47.6 Å². The highest BCUT2D eigenvalue weighted by Crippen LogP contribution is 2.27. The fourth-order valence-electron chi connectivity index (χ4n) is 3.50. The normalized spacial score (nSPS) is 12.2. The highest BCUT2D eigenvalue weighted by atomic mass is 32.2. The minimum atomic E-state index is -0.798. The van der Waals surface area contributed by atoms with Gasteiger partial charge in [0.1, 0.15) is 17.8 Å². The van der Waals surface area contributed by atoms with Crippen molar-refractivity contribution >= 4 is 41.8 Å². The molecule has 0 saturated carbocycles. The number of benzene rings is 2. The Bertz CT molecular complexity index is 965. The molecule has 0 fully saturated rings. The summed E-state index contributed by atoms with van der Waals surface area (Å²) >= 11 is 3.37. The third kappa shape index (κ3) is 10.6. The minimum Gasteiger partial charge on any atom is -0.425 e. The van der Waals surface area contributed by atoms with Gasteiger partial charge in [0.25, 0.3) is 0 Å². The topological polar surface area (TPSA) is 116 Å². The first-order chi connectivity index (χ1) is 16.9. The smallest absolute Gasteiger partial charge is 0.334 e. The number of carbonyl (C=O) groups excluding carboxylic acids is 3. The molecule has 4 N–H and O–H groups in total. The van der Waals surface area contributed by atoms with E-state index in [9.17, 15) is 14.4 Å². The van der Waals surface area contributed by atoms with E-state index in [1.807, 2.05) is 32.2 Å². The summed E-state index contributed by atoms with van der Waals surface area (Å²) in [5.74, 6) is 1.24. The molecule has 2 aromatic rings. The van der Waals surface area contributed by atoms with E-state index in [1.165, 1.54) is 10.5 Å². The van der Waals surface area contributed by atoms with E-state index < -0.39 is 18.1 Å². The molecule has 0 radical (unpaired) electrons. The van der Waals surface area contributed by atoms with Gasteiger partial charge < -0.3 is 20.8 Å². The maximum Gasteiger partial charge on any atom is 0.334 e. The van der Waals surface area contributed by atoms with Crippen molar-refractivity contribution in [1.82, 2.24) is 10.6 Å². The molecule has 0 bridgehead atoms. The van der Waals surface area contributed by atoms with Gasteiger partial charge in [0.05, 0.1) is 0 Å². The lowest BCUT2D eigenvalue weighted by atomic mass is 10.0. The number of hydrogen-bond acceptors (Lipinski definition) is 6. The van der Waals surface area contributed by atoms with Gasteiger partial charge in [-0.15, -0.1) is 11.8 Å². The van der Waals surface area contributed by atoms with E-state index in [4.69, 9.17) is 4.74 Å². The first-order valence-corrected chi connectivity index (χ1v) is 14.3. The second-order valence-electron chi connectivity index (χ2n) is 8.62. The average molecular weight is 539 g/mol. The van der Waals surface area contributed by atoms with Crippen LogP contribution in [-0.4, -0.2) is 47.9 Å². The molecule has 1 unspecified atom stereocenters. The summed E-state index contributed by atoms with van der Waals surface area (Å²) in [6.45, 7) is 6.11. The fraction of sp³-hybridized carbons (Fsp3) is 0.444. The van der Waals surface area contributed by atoms with Crippen molar-refractivity contribution in [2.45, 2.75) is 62.8 Å². The third-order valence-corrected chi connectivity index (χ3v) is 7.23. The second-order valence-corrected chi connectivity index (χ2v) is 10.6. The lowest BCUT2D eigenvalue weighted by molar-refractivity contribution is -0.140. The van der Waals surface area contributed by atoms with E-state index in [2.05, 4.69) is 41.8 Å². The maximum absolute atomic E-state index is 12.9. The standard InChI is InChI=1S/C27H36N2O4S2.H2O.2H2/c1-5-21-8-6-7-9-25(21)35-17-20-10-12-22(13-11-20)33-27(32)24(16-19(2)3)29-26(31)23(28-18-30)14-15-34-4;;;/h6-13,18-19,23-24H,5,14-17H2,1-4H3,(H,28,30)(H,29,31);1H2;2*1H/t23-,24?;;;/m0.../s1. The number of thioether (sulfide) groups is 2. The Morgan fingerprint density at radius 3 is 2.39 bits per heavy atom. The summed E-state index contributed by atoms with van der Waals surface area (Å²) in [4.78, 5) is 37.8. The van der Waals surface area contributed by atoms with Gasteiger partial charge >= 0.3 is 5.97 Å². The van der Waals surface area contributed by atoms with Crippen molar-refractivity contribution in [2.24, 2.45) is 5.92 Å². The molecule has 202 valence electrons. The number of nitrogens with one attached hydrogen (secondary N) is 2. The number of rotatable bonds is 15. The molecule has 0 spiro atoms. The second kappa shape index (κ2) is 17.1. The zero-order valence-corrected chi connectivity index (χ0v) is 23.0. The number of esters is 1. The van der Waals surface area contributed by atoms with Gasteiger partial charge in [0.2, 0.25) is 12.3 Å². The number of hydrogen-bond donors (Lipinski definition) is 2. The van der Waals surface area contributed by atoms with Crippen LogP contribution < -0.4 is 15.4 Å². The maximum atomic E-state index is 12.9. The summed E-state index contributed by atoms with van der Waals surface area (Å²) < 4.78 is 5.60. The molecular weight excluding hydrogens is 496 g/mol. The zero-order chi connectivity index (χ0) is 25.6. The number of ether oxygens (including phenoxy) is 1. The van der Waals surface area contributed by atoms with E-state index in [-0.39, 0.29) is 20.2 Å². The van der Waals surface area contributed by atoms with Crippen molar-refractivity contribution in [2.75, 3.05) is 12.0 Å². The van der Waals surface area contributed by atoms with Crippen LogP contribution in [0.4, 0.5) is 0 Å². The predicted molar refractivity (Wildman–Crippen MR) is 153 cm³/mol. The monoisotopic (exact) mass is 538 g/mol. The number of aryl methyl sites for hydroxylation is 1. The van der Waals surface area contributed by atoms with Crippen LogP contribution in [-0.2, 0) is 26.6 Å². The van der Waals surface area contributed by atoms with E-state index >= 15 is 0 Å². The third-order valence-electron chi connectivity index (χ3n) is 5.39. The lowest BCUT2D eigenvalue weighted by Gasteiger charge is -2.22. The Balaban J connectivity index is 0. The van der Waals surface area contributed by atoms with Crippen molar-refractivity contribution in [1.29, 1.82) is 0 Å². The van der Waals surface area contributed by atoms with Crippen LogP contribution in [0.25, 0.3) is 0 Å². The highest BCUT2D eigenvalue weighted by molar-refractivity contribution is 7.98. The first-order valence-electron chi connectivity index (χ1n) is 11.9. The van der Waals surface area contributed by atoms with E-state index in [0.717, 1.165) is 17.7 Å². The molecule has 0 aromatic heterocycles. The predicted octanol–water partition coefficient (Wildman–Crippen LogP) is 4.51. The Kier molecular flexibility index (Phi) is 14.9. The SMILES string of the molecule is CCc1ccccc1SCc1ccc(OC(=O)C(CC(C)C)NC(=O)[C@H](CCSC)NC=O)cc1.O.[HH].[HH]. The highest BCUT2D eigenvalue weighted by Gasteiger charge is 2.27. The van der Waals surface area contributed by atoms with Gasteiger partial charge in [-0.3, -0.25) is 9.59 Å². The summed E-state index contributed by atoms with van der Waals surface area (Å²) in [5, 5.41) is 5.32. The largest absolute Gasteiger partial charge is 0.425 e. The molecule has 0 aliphatic heterocycles. The average Bonchev–Trinajstić information content (AvgIpc) is 2.85. The van der Waals surface area contributed by atoms with E-state index in [0.29, 0.717) is 30.8 Å². The summed E-state index contributed by atoms with van der Waals surface area (Å²) in [5.41, 5.74) is 2.46. The molecule has 7 nitrogen and oxygen atoms in total. The number of carbonyl (C=O) groups is 3. The van der Waals surface area contributed by atoms with Crippen LogP contribution in [0.2, 0.25) is 0 Å². The Morgan fingerprint density at radius 1 is 1.08 bits per heavy atom. The molecule has 0 aliphatic carbocycles. The van der Waals surface area contributed by atoms with Gasteiger partial charge in [-0.1, -0.05) is 51.1 Å². The Morgan fingerprint density at radius 2 is 1.78 bits per heavy atom.